The number of carboxylic acid groups (broad SMARTS) is 1. The summed E-state index contributed by atoms with van der Waals surface area (Å²) in [6.45, 7) is 7.47. The second kappa shape index (κ2) is 7.77. The van der Waals surface area contributed by atoms with E-state index >= 15 is 0 Å². The standard InChI is InChI=1S/C17H21ClN2O3Si/c1-24(2,3)9-8-23-17-19-7-6-13(20-17)10-12-4-5-15(18)14(11-12)16(21)22/h4-7,11H,8-10H2,1-3H3,(H,21,22). The number of aromatic carboxylic acids is 1. The van der Waals surface area contributed by atoms with Crippen LogP contribution in [-0.4, -0.2) is 35.7 Å². The Morgan fingerprint density at radius 2 is 2.04 bits per heavy atom. The van der Waals surface area contributed by atoms with Gasteiger partial charge in [0, 0.05) is 20.7 Å². The van der Waals surface area contributed by atoms with Gasteiger partial charge in [0.05, 0.1) is 22.9 Å². The molecule has 0 fully saturated rings. The molecule has 0 saturated carbocycles. The molecule has 0 aliphatic rings. The topological polar surface area (TPSA) is 72.3 Å². The van der Waals surface area contributed by atoms with Gasteiger partial charge in [0.1, 0.15) is 0 Å². The van der Waals surface area contributed by atoms with Crippen LogP contribution in [0.25, 0.3) is 0 Å². The highest BCUT2D eigenvalue weighted by Crippen LogP contribution is 2.19. The predicted octanol–water partition coefficient (Wildman–Crippen LogP) is 4.14. The number of carbonyl (C=O) groups is 1. The van der Waals surface area contributed by atoms with Crippen molar-refractivity contribution in [3.8, 4) is 6.01 Å². The van der Waals surface area contributed by atoms with Crippen molar-refractivity contribution in [3.63, 3.8) is 0 Å². The van der Waals surface area contributed by atoms with E-state index in [0.717, 1.165) is 17.3 Å². The van der Waals surface area contributed by atoms with Gasteiger partial charge in [-0.3, -0.25) is 0 Å². The van der Waals surface area contributed by atoms with E-state index in [1.807, 2.05) is 0 Å². The van der Waals surface area contributed by atoms with Crippen LogP contribution in [0.2, 0.25) is 30.7 Å². The van der Waals surface area contributed by atoms with Crippen LogP contribution < -0.4 is 4.74 Å². The molecule has 0 radical (unpaired) electrons. The molecule has 0 saturated heterocycles. The summed E-state index contributed by atoms with van der Waals surface area (Å²) in [6.07, 6.45) is 2.14. The molecule has 1 aromatic carbocycles. The summed E-state index contributed by atoms with van der Waals surface area (Å²) < 4.78 is 5.64. The second-order valence-electron chi connectivity index (χ2n) is 6.79. The van der Waals surface area contributed by atoms with Crippen molar-refractivity contribution in [2.75, 3.05) is 6.61 Å². The third-order valence-corrected chi connectivity index (χ3v) is 5.45. The molecule has 2 rings (SSSR count). The number of halogens is 1. The zero-order valence-electron chi connectivity index (χ0n) is 14.0. The highest BCUT2D eigenvalue weighted by Gasteiger charge is 2.13. The number of aromatic nitrogens is 2. The van der Waals surface area contributed by atoms with Crippen LogP contribution in [0.1, 0.15) is 21.6 Å². The van der Waals surface area contributed by atoms with Crippen LogP contribution in [0.3, 0.4) is 0 Å². The first-order valence-electron chi connectivity index (χ1n) is 7.71. The first kappa shape index (κ1) is 18.4. The number of carboxylic acids is 1. The summed E-state index contributed by atoms with van der Waals surface area (Å²) in [6, 6.07) is 8.15. The lowest BCUT2D eigenvalue weighted by atomic mass is 10.1. The summed E-state index contributed by atoms with van der Waals surface area (Å²) in [5.41, 5.74) is 1.69. The van der Waals surface area contributed by atoms with Crippen LogP contribution in [0.15, 0.2) is 30.5 Å². The van der Waals surface area contributed by atoms with E-state index in [0.29, 0.717) is 19.0 Å². The van der Waals surface area contributed by atoms with Gasteiger partial charge in [0.2, 0.25) is 0 Å². The van der Waals surface area contributed by atoms with Crippen LogP contribution in [-0.2, 0) is 6.42 Å². The molecule has 24 heavy (non-hydrogen) atoms. The largest absolute Gasteiger partial charge is 0.478 e. The van der Waals surface area contributed by atoms with Crippen LogP contribution in [0.4, 0.5) is 0 Å². The van der Waals surface area contributed by atoms with E-state index in [2.05, 4.69) is 29.6 Å². The Bertz CT molecular complexity index is 732. The number of hydrogen-bond acceptors (Lipinski definition) is 4. The van der Waals surface area contributed by atoms with Crippen molar-refractivity contribution < 1.29 is 14.6 Å². The molecule has 5 nitrogen and oxygen atoms in total. The molecule has 1 aromatic heterocycles. The van der Waals surface area contributed by atoms with Crippen LogP contribution >= 0.6 is 11.6 Å². The lowest BCUT2D eigenvalue weighted by Gasteiger charge is -2.15. The minimum atomic E-state index is -1.16. The van der Waals surface area contributed by atoms with Gasteiger partial charge in [0.25, 0.3) is 0 Å². The molecule has 1 N–H and O–H groups in total. The Balaban J connectivity index is 2.07. The first-order valence-corrected chi connectivity index (χ1v) is 11.8. The SMILES string of the molecule is C[Si](C)(C)CCOc1nccc(Cc2ccc(Cl)c(C(=O)O)c2)n1. The average molecular weight is 365 g/mol. The van der Waals surface area contributed by atoms with Gasteiger partial charge in [-0.05, 0) is 29.8 Å². The lowest BCUT2D eigenvalue weighted by molar-refractivity contribution is 0.0697. The molecular weight excluding hydrogens is 344 g/mol. The lowest BCUT2D eigenvalue weighted by Crippen LogP contribution is -2.22. The van der Waals surface area contributed by atoms with Crippen molar-refractivity contribution in [3.05, 3.63) is 52.3 Å². The maximum atomic E-state index is 11.2. The smallest absolute Gasteiger partial charge is 0.337 e. The van der Waals surface area contributed by atoms with Crippen molar-refractivity contribution in [2.24, 2.45) is 0 Å². The van der Waals surface area contributed by atoms with E-state index in [1.165, 1.54) is 0 Å². The average Bonchev–Trinajstić information content (AvgIpc) is 2.48. The normalized spacial score (nSPS) is 11.3. The summed E-state index contributed by atoms with van der Waals surface area (Å²) >= 11 is 5.89. The molecule has 0 aliphatic carbocycles. The summed E-state index contributed by atoms with van der Waals surface area (Å²) in [7, 11) is -1.16. The van der Waals surface area contributed by atoms with Gasteiger partial charge in [0.15, 0.2) is 0 Å². The van der Waals surface area contributed by atoms with Gasteiger partial charge in [-0.15, -0.1) is 0 Å². The molecule has 0 unspecified atom stereocenters. The fourth-order valence-electron chi connectivity index (χ4n) is 2.05. The van der Waals surface area contributed by atoms with Crippen LogP contribution in [0.5, 0.6) is 6.01 Å². The molecule has 0 amide bonds. The minimum absolute atomic E-state index is 0.0924. The summed E-state index contributed by atoms with van der Waals surface area (Å²) in [4.78, 5) is 19.7. The Kier molecular flexibility index (Phi) is 5.96. The first-order chi connectivity index (χ1) is 11.2. The molecule has 0 bridgehead atoms. The number of nitrogens with zero attached hydrogens (tertiary/aromatic N) is 2. The second-order valence-corrected chi connectivity index (χ2v) is 12.8. The van der Waals surface area contributed by atoms with Crippen molar-refractivity contribution in [1.29, 1.82) is 0 Å². The zero-order chi connectivity index (χ0) is 17.7. The molecule has 0 spiro atoms. The Morgan fingerprint density at radius 1 is 1.29 bits per heavy atom. The number of benzene rings is 1. The molecule has 0 aliphatic heterocycles. The molecular formula is C17H21ClN2O3Si. The highest BCUT2D eigenvalue weighted by atomic mass is 35.5. The fourth-order valence-corrected chi connectivity index (χ4v) is 2.96. The molecule has 0 atom stereocenters. The van der Waals surface area contributed by atoms with Crippen molar-refractivity contribution in [2.45, 2.75) is 32.1 Å². The number of hydrogen-bond donors (Lipinski definition) is 1. The third kappa shape index (κ3) is 5.61. The Hall–Kier alpha value is -1.92. The maximum absolute atomic E-state index is 11.2. The van der Waals surface area contributed by atoms with Gasteiger partial charge in [-0.2, -0.15) is 4.98 Å². The predicted molar refractivity (Wildman–Crippen MR) is 96.9 cm³/mol. The van der Waals surface area contributed by atoms with Gasteiger partial charge < -0.3 is 9.84 Å². The van der Waals surface area contributed by atoms with Crippen molar-refractivity contribution >= 4 is 25.6 Å². The van der Waals surface area contributed by atoms with Gasteiger partial charge >= 0.3 is 12.0 Å². The van der Waals surface area contributed by atoms with E-state index in [9.17, 15) is 4.79 Å². The van der Waals surface area contributed by atoms with Gasteiger partial charge in [-0.25, -0.2) is 9.78 Å². The number of ether oxygens (including phenoxy) is 1. The van der Waals surface area contributed by atoms with Gasteiger partial charge in [-0.1, -0.05) is 37.3 Å². The molecule has 2 aromatic rings. The highest BCUT2D eigenvalue weighted by molar-refractivity contribution is 6.76. The quantitative estimate of drug-likeness (QED) is 0.747. The Morgan fingerprint density at radius 3 is 2.71 bits per heavy atom. The molecule has 1 heterocycles. The summed E-state index contributed by atoms with van der Waals surface area (Å²) in [5, 5.41) is 9.36. The minimum Gasteiger partial charge on any atom is -0.478 e. The molecule has 128 valence electrons. The van der Waals surface area contributed by atoms with E-state index in [-0.39, 0.29) is 10.6 Å². The monoisotopic (exact) mass is 364 g/mol. The molecule has 7 heteroatoms. The number of rotatable bonds is 7. The maximum Gasteiger partial charge on any atom is 0.337 e. The van der Waals surface area contributed by atoms with E-state index < -0.39 is 14.0 Å². The Labute approximate surface area is 147 Å². The summed E-state index contributed by atoms with van der Waals surface area (Å²) in [5.74, 6) is -1.04. The van der Waals surface area contributed by atoms with E-state index in [4.69, 9.17) is 21.4 Å². The van der Waals surface area contributed by atoms with E-state index in [1.54, 1.807) is 30.5 Å². The van der Waals surface area contributed by atoms with Crippen molar-refractivity contribution in [1.82, 2.24) is 9.97 Å². The zero-order valence-corrected chi connectivity index (χ0v) is 15.8. The fraction of sp³-hybridized carbons (Fsp3) is 0.353. The third-order valence-electron chi connectivity index (χ3n) is 3.42. The van der Waals surface area contributed by atoms with Crippen LogP contribution in [0, 0.1) is 0 Å².